The molecule has 4 aromatic heterocycles. The molecule has 1 aromatic carbocycles. The van der Waals surface area contributed by atoms with E-state index in [0.717, 1.165) is 43.9 Å². The van der Waals surface area contributed by atoms with Crippen molar-refractivity contribution < 1.29 is 0 Å². The highest BCUT2D eigenvalue weighted by molar-refractivity contribution is 9.11. The van der Waals surface area contributed by atoms with Crippen molar-refractivity contribution >= 4 is 66.5 Å². The second-order valence-corrected chi connectivity index (χ2v) is 13.3. The van der Waals surface area contributed by atoms with E-state index in [1.165, 1.54) is 39.2 Å². The van der Waals surface area contributed by atoms with E-state index in [9.17, 15) is 0 Å². The number of aromatic nitrogens is 1. The van der Waals surface area contributed by atoms with E-state index in [-0.39, 0.29) is 0 Å². The van der Waals surface area contributed by atoms with Crippen LogP contribution in [0, 0.1) is 6.92 Å². The number of aryl methyl sites for hydroxylation is 1. The van der Waals surface area contributed by atoms with Gasteiger partial charge in [-0.25, -0.2) is 0 Å². The van der Waals surface area contributed by atoms with Crippen LogP contribution in [0.3, 0.4) is 0 Å². The molecule has 3 nitrogen and oxygen atoms in total. The van der Waals surface area contributed by atoms with E-state index in [1.54, 1.807) is 11.3 Å². The molecular formula is C27H24BrN3S3. The standard InChI is InChI=1S/C27H24BrN3S3/c1-18-16-22(20-4-2-3-5-21(20)29-18)31-14-12-30(13-15-31)17-19-6-7-23(32-19)24-8-9-25(33-24)26-10-11-27(28)34-26/h2-11,16H,12-15,17H2,1H3. The molecule has 0 amide bonds. The summed E-state index contributed by atoms with van der Waals surface area (Å²) < 4.78 is 1.18. The van der Waals surface area contributed by atoms with Crippen LogP contribution in [-0.4, -0.2) is 36.1 Å². The van der Waals surface area contributed by atoms with Gasteiger partial charge in [-0.05, 0) is 71.4 Å². The molecule has 172 valence electrons. The maximum absolute atomic E-state index is 4.71. The molecule has 0 spiro atoms. The second kappa shape index (κ2) is 9.55. The molecule has 1 aliphatic heterocycles. The normalized spacial score (nSPS) is 14.8. The molecule has 5 heterocycles. The van der Waals surface area contributed by atoms with Crippen molar-refractivity contribution in [3.8, 4) is 19.5 Å². The van der Waals surface area contributed by atoms with Gasteiger partial charge in [-0.2, -0.15) is 0 Å². The summed E-state index contributed by atoms with van der Waals surface area (Å²) in [6, 6.07) is 24.2. The lowest BCUT2D eigenvalue weighted by atomic mass is 10.1. The SMILES string of the molecule is Cc1cc(N2CCN(Cc3ccc(-c4ccc(-c5ccc(Br)s5)s4)s3)CC2)c2ccccc2n1. The Morgan fingerprint density at radius 3 is 2.24 bits per heavy atom. The monoisotopic (exact) mass is 565 g/mol. The highest BCUT2D eigenvalue weighted by Crippen LogP contribution is 2.41. The van der Waals surface area contributed by atoms with Crippen molar-refractivity contribution in [3.05, 3.63) is 81.1 Å². The first-order chi connectivity index (χ1) is 16.6. The maximum Gasteiger partial charge on any atom is 0.0726 e. The van der Waals surface area contributed by atoms with Gasteiger partial charge in [0.15, 0.2) is 0 Å². The van der Waals surface area contributed by atoms with Gasteiger partial charge in [-0.1, -0.05) is 18.2 Å². The molecule has 5 aromatic rings. The molecule has 0 atom stereocenters. The van der Waals surface area contributed by atoms with Crippen molar-refractivity contribution in [1.29, 1.82) is 0 Å². The van der Waals surface area contributed by atoms with Crippen LogP contribution in [0.25, 0.3) is 30.4 Å². The molecule has 6 rings (SSSR count). The molecular weight excluding hydrogens is 542 g/mol. The molecule has 0 unspecified atom stereocenters. The summed E-state index contributed by atoms with van der Waals surface area (Å²) in [5.74, 6) is 0. The van der Waals surface area contributed by atoms with Gasteiger partial charge in [0.1, 0.15) is 0 Å². The summed E-state index contributed by atoms with van der Waals surface area (Å²) in [7, 11) is 0. The van der Waals surface area contributed by atoms with Crippen LogP contribution < -0.4 is 4.90 Å². The number of nitrogens with zero attached hydrogens (tertiary/aromatic N) is 3. The Morgan fingerprint density at radius 1 is 0.794 bits per heavy atom. The zero-order valence-corrected chi connectivity index (χ0v) is 22.9. The van der Waals surface area contributed by atoms with E-state index in [2.05, 4.69) is 99.4 Å². The first-order valence-corrected chi connectivity index (χ1v) is 14.6. The van der Waals surface area contributed by atoms with Gasteiger partial charge in [0.2, 0.25) is 0 Å². The molecule has 0 aliphatic carbocycles. The van der Waals surface area contributed by atoms with E-state index in [4.69, 9.17) is 4.98 Å². The first kappa shape index (κ1) is 22.4. The number of thiophene rings is 3. The fourth-order valence-corrected chi connectivity index (χ4v) is 8.18. The third-order valence-corrected chi connectivity index (χ3v) is 10.4. The van der Waals surface area contributed by atoms with Crippen molar-refractivity contribution in [2.75, 3.05) is 31.1 Å². The summed E-state index contributed by atoms with van der Waals surface area (Å²) in [6.45, 7) is 7.40. The molecule has 0 bridgehead atoms. The van der Waals surface area contributed by atoms with Gasteiger partial charge in [-0.3, -0.25) is 9.88 Å². The molecule has 1 aliphatic rings. The average Bonchev–Trinajstić information content (AvgIpc) is 3.60. The average molecular weight is 567 g/mol. The van der Waals surface area contributed by atoms with Gasteiger partial charge in [0.25, 0.3) is 0 Å². The first-order valence-electron chi connectivity index (χ1n) is 11.4. The smallest absolute Gasteiger partial charge is 0.0726 e. The zero-order valence-electron chi connectivity index (χ0n) is 18.8. The van der Waals surface area contributed by atoms with Crippen LogP contribution in [0.4, 0.5) is 5.69 Å². The lowest BCUT2D eigenvalue weighted by Crippen LogP contribution is -2.46. The largest absolute Gasteiger partial charge is 0.368 e. The molecule has 7 heteroatoms. The molecule has 1 saturated heterocycles. The lowest BCUT2D eigenvalue weighted by Gasteiger charge is -2.36. The Morgan fingerprint density at radius 2 is 1.47 bits per heavy atom. The molecule has 1 fully saturated rings. The minimum Gasteiger partial charge on any atom is -0.368 e. The third kappa shape index (κ3) is 4.60. The zero-order chi connectivity index (χ0) is 23.1. The summed E-state index contributed by atoms with van der Waals surface area (Å²) in [4.78, 5) is 16.7. The summed E-state index contributed by atoms with van der Waals surface area (Å²) in [5.41, 5.74) is 3.51. The maximum atomic E-state index is 4.71. The van der Waals surface area contributed by atoms with Crippen LogP contribution in [-0.2, 0) is 6.54 Å². The quantitative estimate of drug-likeness (QED) is 0.214. The number of rotatable bonds is 5. The van der Waals surface area contributed by atoms with Crippen molar-refractivity contribution in [2.24, 2.45) is 0 Å². The van der Waals surface area contributed by atoms with E-state index < -0.39 is 0 Å². The van der Waals surface area contributed by atoms with Crippen LogP contribution in [0.5, 0.6) is 0 Å². The Balaban J connectivity index is 1.11. The van der Waals surface area contributed by atoms with Gasteiger partial charge in [0, 0.05) is 73.9 Å². The fourth-order valence-electron chi connectivity index (χ4n) is 4.56. The summed E-state index contributed by atoms with van der Waals surface area (Å²) in [6.07, 6.45) is 0. The van der Waals surface area contributed by atoms with Crippen LogP contribution in [0.1, 0.15) is 10.6 Å². The van der Waals surface area contributed by atoms with Gasteiger partial charge in [0.05, 0.1) is 9.30 Å². The van der Waals surface area contributed by atoms with Crippen LogP contribution in [0.2, 0.25) is 0 Å². The molecule has 0 radical (unpaired) electrons. The Hall–Kier alpha value is -2.03. The summed E-state index contributed by atoms with van der Waals surface area (Å²) >= 11 is 9.19. The Bertz CT molecular complexity index is 1440. The predicted octanol–water partition coefficient (Wildman–Crippen LogP) is 8.15. The van der Waals surface area contributed by atoms with Gasteiger partial charge < -0.3 is 4.90 Å². The van der Waals surface area contributed by atoms with Gasteiger partial charge >= 0.3 is 0 Å². The topological polar surface area (TPSA) is 19.4 Å². The number of hydrogen-bond donors (Lipinski definition) is 0. The molecule has 0 saturated carbocycles. The number of para-hydroxylation sites is 1. The number of anilines is 1. The number of pyridine rings is 1. The number of halogens is 1. The third-order valence-electron chi connectivity index (χ3n) is 6.24. The Kier molecular flexibility index (Phi) is 6.30. The van der Waals surface area contributed by atoms with E-state index in [0.29, 0.717) is 0 Å². The number of benzene rings is 1. The highest BCUT2D eigenvalue weighted by atomic mass is 79.9. The van der Waals surface area contributed by atoms with Crippen LogP contribution in [0.15, 0.2) is 70.5 Å². The number of piperazine rings is 1. The van der Waals surface area contributed by atoms with E-state index in [1.807, 2.05) is 22.7 Å². The van der Waals surface area contributed by atoms with Crippen molar-refractivity contribution in [1.82, 2.24) is 9.88 Å². The lowest BCUT2D eigenvalue weighted by molar-refractivity contribution is 0.252. The minimum atomic E-state index is 1.03. The van der Waals surface area contributed by atoms with E-state index >= 15 is 0 Å². The second-order valence-electron chi connectivity index (χ2n) is 8.60. The number of fused-ring (bicyclic) bond motifs is 1. The summed E-state index contributed by atoms with van der Waals surface area (Å²) in [5, 5.41) is 1.26. The van der Waals surface area contributed by atoms with Crippen LogP contribution >= 0.6 is 49.9 Å². The van der Waals surface area contributed by atoms with Gasteiger partial charge in [-0.15, -0.1) is 34.0 Å². The minimum absolute atomic E-state index is 1.03. The Labute approximate surface area is 220 Å². The fraction of sp³-hybridized carbons (Fsp3) is 0.222. The molecule has 0 N–H and O–H groups in total. The molecule has 34 heavy (non-hydrogen) atoms. The highest BCUT2D eigenvalue weighted by Gasteiger charge is 2.20. The number of hydrogen-bond acceptors (Lipinski definition) is 6. The predicted molar refractivity (Wildman–Crippen MR) is 153 cm³/mol. The van der Waals surface area contributed by atoms with Crippen molar-refractivity contribution in [3.63, 3.8) is 0 Å². The van der Waals surface area contributed by atoms with Crippen molar-refractivity contribution in [2.45, 2.75) is 13.5 Å².